The first-order valence-electron chi connectivity index (χ1n) is 12.0. The van der Waals surface area contributed by atoms with Crippen molar-refractivity contribution >= 4 is 17.3 Å². The zero-order valence-corrected chi connectivity index (χ0v) is 22.0. The maximum atomic E-state index is 12.8. The number of fused-ring (bicyclic) bond motifs is 2. The minimum absolute atomic E-state index is 0.161. The van der Waals surface area contributed by atoms with Gasteiger partial charge in [-0.2, -0.15) is 18.3 Å². The van der Waals surface area contributed by atoms with Crippen LogP contribution in [0.15, 0.2) is 33.2 Å². The van der Waals surface area contributed by atoms with Crippen LogP contribution in [-0.4, -0.2) is 54.6 Å². The summed E-state index contributed by atoms with van der Waals surface area (Å²) in [7, 11) is 0. The number of thiazole rings is 1. The zero-order chi connectivity index (χ0) is 27.8. The molecule has 0 amide bonds. The first-order chi connectivity index (χ1) is 17.8. The smallest absolute Gasteiger partial charge is 0.475 e. The van der Waals surface area contributed by atoms with Gasteiger partial charge in [-0.15, -0.1) is 11.3 Å². The molecule has 0 saturated carbocycles. The van der Waals surface area contributed by atoms with Gasteiger partial charge < -0.3 is 5.11 Å². The number of carboxylic acid groups (broad SMARTS) is 1. The maximum Gasteiger partial charge on any atom is 0.490 e. The van der Waals surface area contributed by atoms with Gasteiger partial charge in [0.05, 0.1) is 17.2 Å². The quantitative estimate of drug-likeness (QED) is 0.497. The summed E-state index contributed by atoms with van der Waals surface area (Å²) in [5.74, 6) is -1.99. The van der Waals surface area contributed by atoms with Gasteiger partial charge in [0.1, 0.15) is 5.82 Å². The molecule has 13 heteroatoms. The van der Waals surface area contributed by atoms with Crippen molar-refractivity contribution in [2.24, 2.45) is 0 Å². The summed E-state index contributed by atoms with van der Waals surface area (Å²) in [5, 5.41) is 14.7. The molecule has 1 atom stereocenters. The van der Waals surface area contributed by atoms with E-state index in [1.807, 2.05) is 12.3 Å². The highest BCUT2D eigenvalue weighted by Gasteiger charge is 2.47. The van der Waals surface area contributed by atoms with Crippen LogP contribution in [0, 0.1) is 20.8 Å². The third-order valence-corrected chi connectivity index (χ3v) is 7.59. The molecule has 2 aromatic heterocycles. The Hall–Kier alpha value is -3.32. The van der Waals surface area contributed by atoms with E-state index in [4.69, 9.17) is 15.0 Å². The highest BCUT2D eigenvalue weighted by molar-refractivity contribution is 7.09. The van der Waals surface area contributed by atoms with Crippen LogP contribution in [0.5, 0.6) is 0 Å². The van der Waals surface area contributed by atoms with Crippen molar-refractivity contribution in [2.45, 2.75) is 64.8 Å². The monoisotopic (exact) mass is 551 g/mol. The molecule has 1 saturated heterocycles. The summed E-state index contributed by atoms with van der Waals surface area (Å²) in [4.78, 5) is 41.3. The molecule has 1 unspecified atom stereocenters. The van der Waals surface area contributed by atoms with Crippen LogP contribution in [0.1, 0.15) is 46.1 Å². The van der Waals surface area contributed by atoms with Gasteiger partial charge in [-0.3, -0.25) is 19.1 Å². The number of aromatic nitrogens is 4. The number of hydrogen-bond donors (Lipinski definition) is 1. The van der Waals surface area contributed by atoms with Crippen LogP contribution in [0.3, 0.4) is 0 Å². The van der Waals surface area contributed by atoms with Crippen LogP contribution in [0.4, 0.5) is 13.2 Å². The van der Waals surface area contributed by atoms with Crippen LogP contribution >= 0.6 is 11.3 Å². The number of nitrogens with zero attached hydrogens (tertiary/aromatic N) is 5. The van der Waals surface area contributed by atoms with E-state index >= 15 is 0 Å². The van der Waals surface area contributed by atoms with Crippen molar-refractivity contribution in [1.29, 1.82) is 0 Å². The Morgan fingerprint density at radius 1 is 1.05 bits per heavy atom. The van der Waals surface area contributed by atoms with Gasteiger partial charge in [0, 0.05) is 30.4 Å². The number of carbonyl (C=O) groups is 1. The van der Waals surface area contributed by atoms with E-state index in [1.165, 1.54) is 32.7 Å². The Morgan fingerprint density at radius 2 is 1.68 bits per heavy atom. The third-order valence-electron chi connectivity index (χ3n) is 6.76. The second-order valence-corrected chi connectivity index (χ2v) is 11.0. The second kappa shape index (κ2) is 10.4. The first-order valence-corrected chi connectivity index (χ1v) is 12.9. The van der Waals surface area contributed by atoms with E-state index in [1.54, 1.807) is 4.57 Å². The van der Waals surface area contributed by atoms with Crippen molar-refractivity contribution in [2.75, 3.05) is 13.1 Å². The first kappa shape index (κ1) is 27.7. The molecule has 2 aliphatic heterocycles. The lowest BCUT2D eigenvalue weighted by Crippen LogP contribution is -2.45. The van der Waals surface area contributed by atoms with Gasteiger partial charge in [0.2, 0.25) is 0 Å². The van der Waals surface area contributed by atoms with Crippen molar-refractivity contribution in [1.82, 2.24) is 24.2 Å². The zero-order valence-electron chi connectivity index (χ0n) is 21.2. The summed E-state index contributed by atoms with van der Waals surface area (Å²) in [6.45, 7) is 9.74. The fourth-order valence-corrected chi connectivity index (χ4v) is 5.82. The number of hydrogen-bond acceptors (Lipinski definition) is 7. The Kier molecular flexibility index (Phi) is 7.62. The summed E-state index contributed by atoms with van der Waals surface area (Å²) < 4.78 is 34.7. The standard InChI is InChI=1S/C23H27N5O2S.C2HF3O2/c1-15-8-16(2)10-18(9-15)11-26-6-4-23(14-26)5-7-27-20(29)21(30)28(25-22(23)27)12-19-13-31-17(3)24-19;3-2(4,5)1(6)7/h8-10,13H,4-7,11-12,14H2,1-3H3;(H,6,7). The lowest BCUT2D eigenvalue weighted by molar-refractivity contribution is -0.192. The van der Waals surface area contributed by atoms with Gasteiger partial charge in [-0.1, -0.05) is 29.3 Å². The van der Waals surface area contributed by atoms with Crippen LogP contribution in [0.25, 0.3) is 0 Å². The molecule has 3 aromatic rings. The molecule has 1 aromatic carbocycles. The molecule has 38 heavy (non-hydrogen) atoms. The molecular formula is C25H28F3N5O4S. The van der Waals surface area contributed by atoms with Crippen LogP contribution < -0.4 is 11.1 Å². The number of halogens is 3. The molecule has 204 valence electrons. The number of aliphatic carboxylic acids is 1. The fraction of sp³-hybridized carbons (Fsp3) is 0.480. The maximum absolute atomic E-state index is 12.8. The Morgan fingerprint density at radius 3 is 2.26 bits per heavy atom. The predicted octanol–water partition coefficient (Wildman–Crippen LogP) is 3.02. The van der Waals surface area contributed by atoms with E-state index in [0.717, 1.165) is 49.0 Å². The highest BCUT2D eigenvalue weighted by Crippen LogP contribution is 2.40. The molecule has 1 fully saturated rings. The molecule has 1 N–H and O–H groups in total. The Labute approximate surface area is 220 Å². The summed E-state index contributed by atoms with van der Waals surface area (Å²) in [5.41, 5.74) is 3.48. The largest absolute Gasteiger partial charge is 0.490 e. The van der Waals surface area contributed by atoms with Crippen molar-refractivity contribution < 1.29 is 23.1 Å². The minimum atomic E-state index is -5.08. The Balaban J connectivity index is 0.000000426. The SMILES string of the molecule is Cc1cc(C)cc(CN2CCC3(CCn4c3nn(Cc3csc(C)n3)c(=O)c4=O)C2)c1.O=C(O)C(F)(F)F. The van der Waals surface area contributed by atoms with Crippen LogP contribution in [0.2, 0.25) is 0 Å². The number of aryl methyl sites for hydroxylation is 3. The normalized spacial score (nSPS) is 18.9. The van der Waals surface area contributed by atoms with E-state index in [0.29, 0.717) is 6.54 Å². The molecule has 2 aliphatic rings. The number of benzene rings is 1. The van der Waals surface area contributed by atoms with Crippen molar-refractivity contribution in [3.8, 4) is 0 Å². The average Bonchev–Trinajstić information content (AvgIpc) is 3.51. The van der Waals surface area contributed by atoms with Crippen molar-refractivity contribution in [3.63, 3.8) is 0 Å². The lowest BCUT2D eigenvalue weighted by atomic mass is 9.85. The Bertz CT molecular complexity index is 1460. The summed E-state index contributed by atoms with van der Waals surface area (Å²) >= 11 is 1.54. The third kappa shape index (κ3) is 5.88. The van der Waals surface area contributed by atoms with E-state index in [9.17, 15) is 22.8 Å². The van der Waals surface area contributed by atoms with Gasteiger partial charge in [-0.05, 0) is 45.7 Å². The minimum Gasteiger partial charge on any atom is -0.475 e. The molecule has 9 nitrogen and oxygen atoms in total. The lowest BCUT2D eigenvalue weighted by Gasteiger charge is -2.24. The topological polar surface area (TPSA) is 110 Å². The second-order valence-electron chi connectivity index (χ2n) is 9.89. The molecule has 0 aliphatic carbocycles. The number of alkyl halides is 3. The molecule has 1 spiro atoms. The van der Waals surface area contributed by atoms with E-state index in [-0.39, 0.29) is 12.0 Å². The van der Waals surface area contributed by atoms with Gasteiger partial charge in [0.25, 0.3) is 0 Å². The molecule has 0 bridgehead atoms. The number of likely N-dealkylation sites (tertiary alicyclic amines) is 1. The van der Waals surface area contributed by atoms with Gasteiger partial charge in [0.15, 0.2) is 0 Å². The molecule has 4 heterocycles. The summed E-state index contributed by atoms with van der Waals surface area (Å²) in [6, 6.07) is 6.69. The number of rotatable bonds is 4. The molecular weight excluding hydrogens is 523 g/mol. The van der Waals surface area contributed by atoms with Gasteiger partial charge in [-0.25, -0.2) is 14.5 Å². The van der Waals surface area contributed by atoms with Crippen molar-refractivity contribution in [3.05, 3.63) is 77.5 Å². The average molecular weight is 552 g/mol. The van der Waals surface area contributed by atoms with E-state index in [2.05, 4.69) is 41.9 Å². The highest BCUT2D eigenvalue weighted by atomic mass is 32.1. The van der Waals surface area contributed by atoms with Crippen LogP contribution in [-0.2, 0) is 29.8 Å². The molecule has 0 radical (unpaired) electrons. The summed E-state index contributed by atoms with van der Waals surface area (Å²) in [6.07, 6.45) is -3.27. The predicted molar refractivity (Wildman–Crippen MR) is 135 cm³/mol. The van der Waals surface area contributed by atoms with E-state index < -0.39 is 23.3 Å². The fourth-order valence-electron chi connectivity index (χ4n) is 5.21. The molecule has 5 rings (SSSR count). The number of carboxylic acids is 1. The van der Waals surface area contributed by atoms with Gasteiger partial charge >= 0.3 is 23.3 Å².